The highest BCUT2D eigenvalue weighted by Crippen LogP contribution is 2.18. The fraction of sp³-hybridized carbons (Fsp3) is 0.684. The van der Waals surface area contributed by atoms with Crippen molar-refractivity contribution in [3.8, 4) is 0 Å². The van der Waals surface area contributed by atoms with E-state index < -0.39 is 8.80 Å². The van der Waals surface area contributed by atoms with Crippen LogP contribution in [0.15, 0.2) is 18.2 Å². The third kappa shape index (κ3) is 7.12. The second-order valence-corrected chi connectivity index (χ2v) is 9.82. The van der Waals surface area contributed by atoms with Crippen molar-refractivity contribution >= 4 is 36.6 Å². The summed E-state index contributed by atoms with van der Waals surface area (Å²) < 4.78 is 20.3. The first-order valence-electron chi connectivity index (χ1n) is 9.28. The van der Waals surface area contributed by atoms with Crippen LogP contribution in [-0.2, 0) is 13.3 Å². The van der Waals surface area contributed by atoms with Crippen LogP contribution in [0, 0.1) is 10.5 Å². The SMILES string of the molecule is CCCCO[Si](OCCCC)(OCCCC)c1ccc(C)cc1I. The molecule has 0 aliphatic heterocycles. The van der Waals surface area contributed by atoms with Gasteiger partial charge in [0.2, 0.25) is 0 Å². The highest BCUT2D eigenvalue weighted by Gasteiger charge is 2.45. The van der Waals surface area contributed by atoms with E-state index in [9.17, 15) is 0 Å². The van der Waals surface area contributed by atoms with Crippen LogP contribution in [0.25, 0.3) is 0 Å². The summed E-state index contributed by atoms with van der Waals surface area (Å²) >= 11 is 2.39. The van der Waals surface area contributed by atoms with Gasteiger partial charge >= 0.3 is 8.80 Å². The molecule has 0 saturated heterocycles. The normalized spacial score (nSPS) is 11.9. The number of halogens is 1. The molecule has 0 fully saturated rings. The zero-order valence-corrected chi connectivity index (χ0v) is 18.9. The summed E-state index contributed by atoms with van der Waals surface area (Å²) in [6.45, 7) is 10.7. The molecule has 0 saturated carbocycles. The van der Waals surface area contributed by atoms with Gasteiger partial charge in [0, 0.05) is 28.6 Å². The van der Waals surface area contributed by atoms with Crippen LogP contribution in [-0.4, -0.2) is 28.6 Å². The van der Waals surface area contributed by atoms with Crippen LogP contribution in [0.5, 0.6) is 0 Å². The van der Waals surface area contributed by atoms with Crippen molar-refractivity contribution in [3.63, 3.8) is 0 Å². The van der Waals surface area contributed by atoms with E-state index in [1.807, 2.05) is 0 Å². The predicted molar refractivity (Wildman–Crippen MR) is 112 cm³/mol. The van der Waals surface area contributed by atoms with E-state index >= 15 is 0 Å². The van der Waals surface area contributed by atoms with Crippen LogP contribution < -0.4 is 5.19 Å². The average molecular weight is 464 g/mol. The Hall–Kier alpha value is 0.0469. The second-order valence-electron chi connectivity index (χ2n) is 6.15. The standard InChI is InChI=1S/C19H33IO3Si/c1-5-8-13-21-24(22-14-9-6-2,23-15-10-7-3)19-12-11-17(4)16-18(19)20/h11-12,16H,5-10,13-15H2,1-4H3. The fourth-order valence-corrected chi connectivity index (χ4v) is 6.55. The molecule has 0 bridgehead atoms. The van der Waals surface area contributed by atoms with Gasteiger partial charge in [0.1, 0.15) is 0 Å². The molecule has 0 aliphatic carbocycles. The van der Waals surface area contributed by atoms with Crippen LogP contribution >= 0.6 is 22.6 Å². The van der Waals surface area contributed by atoms with Crippen LogP contribution in [0.3, 0.4) is 0 Å². The highest BCUT2D eigenvalue weighted by atomic mass is 127. The molecule has 0 N–H and O–H groups in total. The first-order chi connectivity index (χ1) is 11.6. The minimum Gasteiger partial charge on any atom is -0.370 e. The van der Waals surface area contributed by atoms with Gasteiger partial charge in [-0.05, 0) is 54.8 Å². The summed E-state index contributed by atoms with van der Waals surface area (Å²) in [7, 11) is -2.86. The number of aryl methyl sites for hydroxylation is 1. The molecule has 0 aromatic heterocycles. The molecule has 138 valence electrons. The molecule has 0 heterocycles. The maximum absolute atomic E-state index is 6.36. The second kappa shape index (κ2) is 12.4. The molecular weight excluding hydrogens is 431 g/mol. The lowest BCUT2D eigenvalue weighted by atomic mass is 10.2. The van der Waals surface area contributed by atoms with Crippen molar-refractivity contribution in [3.05, 3.63) is 27.3 Å². The zero-order chi connectivity index (χ0) is 17.8. The van der Waals surface area contributed by atoms with Gasteiger partial charge in [-0.1, -0.05) is 57.7 Å². The number of hydrogen-bond donors (Lipinski definition) is 0. The summed E-state index contributed by atoms with van der Waals surface area (Å²) in [6.07, 6.45) is 6.43. The Labute approximate surface area is 163 Å². The van der Waals surface area contributed by atoms with Crippen LogP contribution in [0.4, 0.5) is 0 Å². The molecule has 0 aliphatic rings. The summed E-state index contributed by atoms with van der Waals surface area (Å²) in [4.78, 5) is 0. The molecule has 0 spiro atoms. The van der Waals surface area contributed by atoms with Gasteiger partial charge in [-0.2, -0.15) is 0 Å². The molecular formula is C19H33IO3Si. The molecule has 5 heteroatoms. The molecule has 1 rings (SSSR count). The summed E-state index contributed by atoms with van der Waals surface area (Å²) in [5.74, 6) is 0. The largest absolute Gasteiger partial charge is 0.538 e. The molecule has 24 heavy (non-hydrogen) atoms. The van der Waals surface area contributed by atoms with Crippen LogP contribution in [0.1, 0.15) is 64.9 Å². The lowest BCUT2D eigenvalue weighted by molar-refractivity contribution is 0.0699. The number of hydrogen-bond acceptors (Lipinski definition) is 3. The van der Waals surface area contributed by atoms with Gasteiger partial charge in [0.15, 0.2) is 0 Å². The van der Waals surface area contributed by atoms with E-state index in [-0.39, 0.29) is 0 Å². The first kappa shape index (κ1) is 22.1. The van der Waals surface area contributed by atoms with E-state index in [1.54, 1.807) is 0 Å². The fourth-order valence-electron chi connectivity index (χ4n) is 2.28. The lowest BCUT2D eigenvalue weighted by Gasteiger charge is -2.31. The van der Waals surface area contributed by atoms with Crippen LogP contribution in [0.2, 0.25) is 0 Å². The quantitative estimate of drug-likeness (QED) is 0.228. The van der Waals surface area contributed by atoms with Gasteiger partial charge in [-0.3, -0.25) is 0 Å². The van der Waals surface area contributed by atoms with E-state index in [0.717, 1.165) is 43.7 Å². The third-order valence-corrected chi connectivity index (χ3v) is 8.07. The maximum Gasteiger partial charge on any atom is 0.538 e. The minimum absolute atomic E-state index is 0.699. The maximum atomic E-state index is 6.36. The summed E-state index contributed by atoms with van der Waals surface area (Å²) in [6, 6.07) is 6.47. The monoisotopic (exact) mass is 464 g/mol. The number of benzene rings is 1. The molecule has 0 amide bonds. The molecule has 0 radical (unpaired) electrons. The molecule has 0 unspecified atom stereocenters. The first-order valence-corrected chi connectivity index (χ1v) is 12.1. The van der Waals surface area contributed by atoms with Gasteiger partial charge in [-0.25, -0.2) is 0 Å². The van der Waals surface area contributed by atoms with E-state index in [2.05, 4.69) is 68.5 Å². The number of unbranched alkanes of at least 4 members (excludes halogenated alkanes) is 3. The van der Waals surface area contributed by atoms with E-state index in [1.165, 1.54) is 9.13 Å². The topological polar surface area (TPSA) is 27.7 Å². The summed E-state index contributed by atoms with van der Waals surface area (Å²) in [5.41, 5.74) is 1.25. The Balaban J connectivity index is 3.09. The van der Waals surface area contributed by atoms with Gasteiger partial charge < -0.3 is 13.3 Å². The predicted octanol–water partition coefficient (Wildman–Crippen LogP) is 5.20. The van der Waals surface area contributed by atoms with Crippen molar-refractivity contribution in [1.29, 1.82) is 0 Å². The van der Waals surface area contributed by atoms with Crippen molar-refractivity contribution in [2.24, 2.45) is 0 Å². The van der Waals surface area contributed by atoms with Crippen molar-refractivity contribution in [2.75, 3.05) is 19.8 Å². The Morgan fingerprint density at radius 2 is 1.29 bits per heavy atom. The number of rotatable bonds is 13. The smallest absolute Gasteiger partial charge is 0.370 e. The Kier molecular flexibility index (Phi) is 11.4. The molecule has 3 nitrogen and oxygen atoms in total. The van der Waals surface area contributed by atoms with Crippen molar-refractivity contribution in [2.45, 2.75) is 66.2 Å². The summed E-state index contributed by atoms with van der Waals surface area (Å²) in [5, 5.41) is 1.12. The Bertz CT molecular complexity index is 441. The van der Waals surface area contributed by atoms with Crippen molar-refractivity contribution in [1.82, 2.24) is 0 Å². The van der Waals surface area contributed by atoms with Gasteiger partial charge in [0.05, 0.1) is 0 Å². The zero-order valence-electron chi connectivity index (χ0n) is 15.7. The van der Waals surface area contributed by atoms with Gasteiger partial charge in [0.25, 0.3) is 0 Å². The Morgan fingerprint density at radius 3 is 1.67 bits per heavy atom. The third-order valence-electron chi connectivity index (χ3n) is 3.82. The van der Waals surface area contributed by atoms with Crippen molar-refractivity contribution < 1.29 is 13.3 Å². The highest BCUT2D eigenvalue weighted by molar-refractivity contribution is 14.1. The minimum atomic E-state index is -2.86. The Morgan fingerprint density at radius 1 is 0.833 bits per heavy atom. The lowest BCUT2D eigenvalue weighted by Crippen LogP contribution is -2.58. The van der Waals surface area contributed by atoms with E-state index in [4.69, 9.17) is 13.3 Å². The average Bonchev–Trinajstić information content (AvgIpc) is 2.55. The molecule has 1 aromatic carbocycles. The molecule has 0 atom stereocenters. The van der Waals surface area contributed by atoms with Gasteiger partial charge in [-0.15, -0.1) is 0 Å². The van der Waals surface area contributed by atoms with E-state index in [0.29, 0.717) is 19.8 Å². The molecule has 1 aromatic rings.